The first kappa shape index (κ1) is 17.2. The molecule has 0 radical (unpaired) electrons. The van der Waals surface area contributed by atoms with E-state index in [4.69, 9.17) is 0 Å². The molecule has 4 heteroatoms. The quantitative estimate of drug-likeness (QED) is 0.803. The van der Waals surface area contributed by atoms with Gasteiger partial charge in [0.2, 0.25) is 0 Å². The van der Waals surface area contributed by atoms with Crippen LogP contribution in [0.1, 0.15) is 42.7 Å². The molecule has 0 aliphatic heterocycles. The summed E-state index contributed by atoms with van der Waals surface area (Å²) in [5.74, 6) is 0.498. The molecule has 1 fully saturated rings. The van der Waals surface area contributed by atoms with Gasteiger partial charge in [-0.1, -0.05) is 48.0 Å². The summed E-state index contributed by atoms with van der Waals surface area (Å²) >= 11 is 0. The van der Waals surface area contributed by atoms with E-state index in [0.29, 0.717) is 5.92 Å². The summed E-state index contributed by atoms with van der Waals surface area (Å²) in [6.07, 6.45) is 4.09. The Hall–Kier alpha value is -2.62. The molecule has 1 aliphatic carbocycles. The van der Waals surface area contributed by atoms with Gasteiger partial charge in [-0.2, -0.15) is 5.10 Å². The Kier molecular flexibility index (Phi) is 5.83. The highest BCUT2D eigenvalue weighted by molar-refractivity contribution is 5.88. The molecule has 0 spiro atoms. The van der Waals surface area contributed by atoms with Crippen LogP contribution in [-0.4, -0.2) is 18.2 Å². The second kappa shape index (κ2) is 8.47. The lowest BCUT2D eigenvalue weighted by molar-refractivity contribution is -0.119. The average Bonchev–Trinajstić information content (AvgIpc) is 2.67. The van der Waals surface area contributed by atoms with E-state index in [2.05, 4.69) is 46.2 Å². The number of hydrogen-bond acceptors (Lipinski definition) is 3. The van der Waals surface area contributed by atoms with Crippen molar-refractivity contribution in [3.05, 3.63) is 65.7 Å². The van der Waals surface area contributed by atoms with Crippen LogP contribution in [-0.2, 0) is 4.79 Å². The Morgan fingerprint density at radius 1 is 1.04 bits per heavy atom. The van der Waals surface area contributed by atoms with Crippen LogP contribution in [0.2, 0.25) is 0 Å². The van der Waals surface area contributed by atoms with E-state index in [9.17, 15) is 4.79 Å². The molecule has 1 saturated carbocycles. The smallest absolute Gasteiger partial charge is 0.259 e. The van der Waals surface area contributed by atoms with Crippen LogP contribution in [0.15, 0.2) is 59.7 Å². The lowest BCUT2D eigenvalue weighted by Crippen LogP contribution is -2.27. The zero-order valence-corrected chi connectivity index (χ0v) is 14.7. The van der Waals surface area contributed by atoms with Gasteiger partial charge in [0.25, 0.3) is 5.91 Å². The Labute approximate surface area is 149 Å². The van der Waals surface area contributed by atoms with E-state index in [1.807, 2.05) is 31.2 Å². The zero-order chi connectivity index (χ0) is 17.5. The van der Waals surface area contributed by atoms with Crippen LogP contribution in [0.5, 0.6) is 0 Å². The molecule has 0 heterocycles. The fourth-order valence-electron chi connectivity index (χ4n) is 3.16. The van der Waals surface area contributed by atoms with E-state index in [1.54, 1.807) is 0 Å². The van der Waals surface area contributed by atoms with Crippen LogP contribution in [0, 0.1) is 6.92 Å². The predicted octanol–water partition coefficient (Wildman–Crippen LogP) is 4.24. The lowest BCUT2D eigenvalue weighted by Gasteiger charge is -2.23. The van der Waals surface area contributed by atoms with E-state index < -0.39 is 0 Å². The minimum absolute atomic E-state index is 0.113. The Morgan fingerprint density at radius 2 is 1.72 bits per heavy atom. The zero-order valence-electron chi connectivity index (χ0n) is 14.7. The van der Waals surface area contributed by atoms with E-state index in [1.165, 1.54) is 11.1 Å². The second-order valence-corrected chi connectivity index (χ2v) is 6.62. The van der Waals surface area contributed by atoms with E-state index in [-0.39, 0.29) is 12.5 Å². The van der Waals surface area contributed by atoms with Crippen molar-refractivity contribution in [2.45, 2.75) is 38.5 Å². The maximum atomic E-state index is 11.9. The summed E-state index contributed by atoms with van der Waals surface area (Å²) in [4.78, 5) is 11.9. The minimum atomic E-state index is -0.113. The van der Waals surface area contributed by atoms with Crippen LogP contribution >= 0.6 is 0 Å². The standard InChI is InChI=1S/C21H25N3O/c1-16-7-11-19(12-8-16)22-15-21(25)24-23-20-13-9-18(10-14-20)17-5-3-2-4-6-17/h2-8,11-12,18,22H,9-10,13-15H2,1H3,(H,24,25). The monoisotopic (exact) mass is 335 g/mol. The number of amides is 1. The summed E-state index contributed by atoms with van der Waals surface area (Å²) in [5.41, 5.74) is 7.32. The van der Waals surface area contributed by atoms with Crippen molar-refractivity contribution in [3.8, 4) is 0 Å². The van der Waals surface area contributed by atoms with Gasteiger partial charge in [0.05, 0.1) is 6.54 Å². The lowest BCUT2D eigenvalue weighted by atomic mass is 9.83. The number of benzene rings is 2. The van der Waals surface area contributed by atoms with Gasteiger partial charge in [-0.15, -0.1) is 0 Å². The first-order chi connectivity index (χ1) is 12.2. The summed E-state index contributed by atoms with van der Waals surface area (Å²) in [7, 11) is 0. The molecule has 0 bridgehead atoms. The number of nitrogens with zero attached hydrogens (tertiary/aromatic N) is 1. The fraction of sp³-hybridized carbons (Fsp3) is 0.333. The maximum absolute atomic E-state index is 11.9. The molecule has 1 aliphatic rings. The summed E-state index contributed by atoms with van der Waals surface area (Å²) < 4.78 is 0. The molecule has 1 amide bonds. The molecule has 0 saturated heterocycles. The van der Waals surface area contributed by atoms with Crippen LogP contribution in [0.4, 0.5) is 5.69 Å². The van der Waals surface area contributed by atoms with Gasteiger partial charge in [-0.05, 0) is 56.2 Å². The molecule has 130 valence electrons. The highest BCUT2D eigenvalue weighted by Gasteiger charge is 2.19. The largest absolute Gasteiger partial charge is 0.376 e. The summed E-state index contributed by atoms with van der Waals surface area (Å²) in [6, 6.07) is 18.6. The van der Waals surface area contributed by atoms with E-state index >= 15 is 0 Å². The normalized spacial score (nSPS) is 17.0. The molecular formula is C21H25N3O. The third-order valence-electron chi connectivity index (χ3n) is 4.68. The number of hydrogen-bond donors (Lipinski definition) is 2. The molecule has 0 aromatic heterocycles. The minimum Gasteiger partial charge on any atom is -0.376 e. The topological polar surface area (TPSA) is 53.5 Å². The Balaban J connectivity index is 1.42. The van der Waals surface area contributed by atoms with Crippen molar-refractivity contribution in [3.63, 3.8) is 0 Å². The molecule has 2 aromatic carbocycles. The SMILES string of the molecule is Cc1ccc(NCC(=O)NN=C2CCC(c3ccccc3)CC2)cc1. The van der Waals surface area contributed by atoms with Crippen molar-refractivity contribution in [2.75, 3.05) is 11.9 Å². The van der Waals surface area contributed by atoms with Gasteiger partial charge < -0.3 is 5.32 Å². The molecule has 2 aromatic rings. The second-order valence-electron chi connectivity index (χ2n) is 6.62. The number of anilines is 1. The van der Waals surface area contributed by atoms with Crippen LogP contribution < -0.4 is 10.7 Å². The van der Waals surface area contributed by atoms with Crippen molar-refractivity contribution in [1.29, 1.82) is 0 Å². The van der Waals surface area contributed by atoms with Gasteiger partial charge in [0.15, 0.2) is 0 Å². The van der Waals surface area contributed by atoms with Crippen LogP contribution in [0.3, 0.4) is 0 Å². The van der Waals surface area contributed by atoms with Gasteiger partial charge in [-0.25, -0.2) is 5.43 Å². The number of rotatable bonds is 5. The highest BCUT2D eigenvalue weighted by atomic mass is 16.2. The first-order valence-corrected chi connectivity index (χ1v) is 8.90. The summed E-state index contributed by atoms with van der Waals surface area (Å²) in [6.45, 7) is 2.27. The number of aryl methyl sites for hydroxylation is 1. The number of nitrogens with one attached hydrogen (secondary N) is 2. The summed E-state index contributed by atoms with van der Waals surface area (Å²) in [5, 5.41) is 7.42. The molecular weight excluding hydrogens is 310 g/mol. The van der Waals surface area contributed by atoms with Crippen molar-refractivity contribution in [2.24, 2.45) is 5.10 Å². The van der Waals surface area contributed by atoms with E-state index in [0.717, 1.165) is 37.1 Å². The molecule has 0 atom stereocenters. The molecule has 4 nitrogen and oxygen atoms in total. The van der Waals surface area contributed by atoms with Gasteiger partial charge in [-0.3, -0.25) is 4.79 Å². The first-order valence-electron chi connectivity index (χ1n) is 8.90. The third kappa shape index (κ3) is 5.18. The van der Waals surface area contributed by atoms with Crippen LogP contribution in [0.25, 0.3) is 0 Å². The molecule has 2 N–H and O–H groups in total. The van der Waals surface area contributed by atoms with Gasteiger partial charge >= 0.3 is 0 Å². The van der Waals surface area contributed by atoms with Gasteiger partial charge in [0.1, 0.15) is 0 Å². The molecule has 0 unspecified atom stereocenters. The Bertz CT molecular complexity index is 713. The third-order valence-corrected chi connectivity index (χ3v) is 4.68. The van der Waals surface area contributed by atoms with Crippen molar-refractivity contribution >= 4 is 17.3 Å². The van der Waals surface area contributed by atoms with Crippen molar-refractivity contribution < 1.29 is 4.79 Å². The number of hydrazone groups is 1. The van der Waals surface area contributed by atoms with Gasteiger partial charge in [0, 0.05) is 11.4 Å². The predicted molar refractivity (Wildman–Crippen MR) is 103 cm³/mol. The Morgan fingerprint density at radius 3 is 2.40 bits per heavy atom. The molecule has 3 rings (SSSR count). The highest BCUT2D eigenvalue weighted by Crippen LogP contribution is 2.31. The average molecular weight is 335 g/mol. The number of carbonyl (C=O) groups is 1. The van der Waals surface area contributed by atoms with Crippen molar-refractivity contribution in [1.82, 2.24) is 5.43 Å². The number of carbonyl (C=O) groups excluding carboxylic acids is 1. The maximum Gasteiger partial charge on any atom is 0.259 e. The fourth-order valence-corrected chi connectivity index (χ4v) is 3.16. The molecule has 25 heavy (non-hydrogen) atoms.